The first-order valence-corrected chi connectivity index (χ1v) is 22.9. The fraction of sp³-hybridized carbons (Fsp3) is 0.256. The fourth-order valence-electron chi connectivity index (χ4n) is 4.91. The molecule has 4 N–H and O–H groups in total. The first-order valence-electron chi connectivity index (χ1n) is 18.2. The molecule has 2 aromatic heterocycles. The van der Waals surface area contributed by atoms with Gasteiger partial charge in [0, 0.05) is 94.0 Å². The van der Waals surface area contributed by atoms with Gasteiger partial charge in [-0.3, -0.25) is 19.4 Å². The average Bonchev–Trinajstić information content (AvgIpc) is 3.18. The average molecular weight is 1270 g/mol. The van der Waals surface area contributed by atoms with Crippen LogP contribution < -0.4 is 16.5 Å². The quantitative estimate of drug-likeness (QED) is 0.0463. The molecular weight excluding hydrogens is 1230 g/mol. The number of ether oxygens (including phenoxy) is 4. The Labute approximate surface area is 403 Å². The third kappa shape index (κ3) is 18.4. The van der Waals surface area contributed by atoms with Crippen molar-refractivity contribution in [1.29, 1.82) is 0 Å². The molecule has 6 aromatic rings. The summed E-state index contributed by atoms with van der Waals surface area (Å²) in [7, 11) is 0. The van der Waals surface area contributed by atoms with Crippen LogP contribution in [-0.2, 0) is 28.5 Å². The highest BCUT2D eigenvalue weighted by Gasteiger charge is 2.43. The van der Waals surface area contributed by atoms with E-state index >= 15 is 0 Å². The lowest BCUT2D eigenvalue weighted by atomic mass is 10.1. The van der Waals surface area contributed by atoms with Crippen LogP contribution in [0.25, 0.3) is 21.8 Å². The molecule has 7 rings (SSSR count). The van der Waals surface area contributed by atoms with Crippen LogP contribution in [0, 0.1) is 20.2 Å². The van der Waals surface area contributed by atoms with Gasteiger partial charge < -0.3 is 35.0 Å². The number of fused-ring (bicyclic) bond motifs is 2. The Morgan fingerprint density at radius 2 is 1.31 bits per heavy atom. The largest absolute Gasteiger partial charge is 0.422 e. The molecule has 0 radical (unpaired) electrons. The number of pyridine rings is 2. The molecule has 0 amide bonds. The molecule has 1 aliphatic heterocycles. The third-order valence-electron chi connectivity index (χ3n) is 7.66. The van der Waals surface area contributed by atoms with Crippen LogP contribution in [0.3, 0.4) is 0 Å². The molecule has 59 heavy (non-hydrogen) atoms. The number of carbonyl (C=O) groups is 2. The number of nitrogens with one attached hydrogen (secondary N) is 2. The molecule has 1 saturated heterocycles. The maximum atomic E-state index is 11.7. The van der Waals surface area contributed by atoms with Crippen LogP contribution in [-0.4, -0.2) is 53.7 Å². The number of hydrogen-bond donors (Lipinski definition) is 3. The standard InChI is InChI=1S/C13H14INO4.C9H5ClIN.C9H6INO.C6H6IN.C6H14O2/c1-13(2)18-11(16)10(12(17)19-13)7-15-9-5-3-8(14)4-6-9;10-8-3-4-12-9-2-1-6(11)5-7(8)9;10-6-1-2-8-7(5-6)9(12)3-4-11-8;7-5-1-3-6(8)4-2-5;1-4-7-6(3)8-5-2/h3-6,10,15H,7H2,1-2H3;1-5H;1-5H,(H,11,12);1-4H,8H2;6H,4-5H2,1-3H3. The number of carbonyl (C=O) groups excluding carboxylic acids is 2. The molecule has 0 saturated carbocycles. The molecule has 0 bridgehead atoms. The van der Waals surface area contributed by atoms with E-state index in [1.54, 1.807) is 24.5 Å². The number of halogens is 5. The molecule has 3 heterocycles. The van der Waals surface area contributed by atoms with Crippen molar-refractivity contribution in [3.05, 3.63) is 139 Å². The lowest BCUT2D eigenvalue weighted by Crippen LogP contribution is -2.48. The second kappa shape index (κ2) is 25.8. The molecule has 16 heteroatoms. The Morgan fingerprint density at radius 3 is 1.86 bits per heavy atom. The van der Waals surface area contributed by atoms with E-state index in [-0.39, 0.29) is 18.3 Å². The highest BCUT2D eigenvalue weighted by atomic mass is 127. The number of hydrogen-bond acceptors (Lipinski definition) is 10. The van der Waals surface area contributed by atoms with Gasteiger partial charge in [-0.15, -0.1) is 0 Å². The summed E-state index contributed by atoms with van der Waals surface area (Å²) >= 11 is 14.9. The zero-order valence-electron chi connectivity index (χ0n) is 32.9. The van der Waals surface area contributed by atoms with E-state index in [0.29, 0.717) is 0 Å². The smallest absolute Gasteiger partial charge is 0.325 e. The summed E-state index contributed by atoms with van der Waals surface area (Å²) in [4.78, 5) is 42.0. The fourth-order valence-corrected chi connectivity index (χ4v) is 6.82. The van der Waals surface area contributed by atoms with Gasteiger partial charge >= 0.3 is 11.9 Å². The SMILES string of the molecule is CC1(C)OC(=O)C(CNc2ccc(I)cc2)C(=O)O1.CCOC(C)OCC.Clc1ccnc2ccc(I)cc12.Nc1ccc(I)cc1.O=c1cc[nH]c2ccc(I)cc12. The van der Waals surface area contributed by atoms with E-state index in [2.05, 4.69) is 106 Å². The first-order chi connectivity index (χ1) is 28.0. The summed E-state index contributed by atoms with van der Waals surface area (Å²) in [6, 6.07) is 30.5. The van der Waals surface area contributed by atoms with Crippen LogP contribution in [0.15, 0.2) is 114 Å². The number of cyclic esters (lactones) is 2. The van der Waals surface area contributed by atoms with Gasteiger partial charge in [-0.05, 0) is 202 Å². The van der Waals surface area contributed by atoms with Crippen LogP contribution >= 0.6 is 102 Å². The Morgan fingerprint density at radius 1 is 0.780 bits per heavy atom. The van der Waals surface area contributed by atoms with Crippen molar-refractivity contribution in [3.8, 4) is 0 Å². The molecule has 0 aliphatic carbocycles. The number of aromatic nitrogens is 2. The Hall–Kier alpha value is -2.83. The zero-order valence-corrected chi connectivity index (χ0v) is 42.3. The van der Waals surface area contributed by atoms with Crippen molar-refractivity contribution in [2.75, 3.05) is 30.8 Å². The maximum absolute atomic E-state index is 11.7. The number of benzene rings is 4. The number of nitrogens with two attached hydrogens (primary N) is 1. The van der Waals surface area contributed by atoms with E-state index < -0.39 is 23.6 Å². The van der Waals surface area contributed by atoms with E-state index in [1.807, 2.05) is 106 Å². The number of H-pyrrole nitrogens is 1. The minimum absolute atomic E-state index is 0.0370. The van der Waals surface area contributed by atoms with E-state index in [4.69, 9.17) is 36.3 Å². The molecule has 4 aromatic carbocycles. The number of nitrogens with zero attached hydrogens (tertiary/aromatic N) is 1. The van der Waals surface area contributed by atoms with Gasteiger partial charge in [0.2, 0.25) is 0 Å². The van der Waals surface area contributed by atoms with Crippen molar-refractivity contribution >= 4 is 147 Å². The number of anilines is 2. The van der Waals surface area contributed by atoms with Gasteiger partial charge in [0.1, 0.15) is 0 Å². The van der Waals surface area contributed by atoms with Gasteiger partial charge in [0.05, 0.1) is 10.5 Å². The lowest BCUT2D eigenvalue weighted by molar-refractivity contribution is -0.239. The summed E-state index contributed by atoms with van der Waals surface area (Å²) in [6.45, 7) is 10.5. The highest BCUT2D eigenvalue weighted by Crippen LogP contribution is 2.24. The predicted molar refractivity (Wildman–Crippen MR) is 270 cm³/mol. The second-order valence-corrected chi connectivity index (χ2v) is 18.1. The van der Waals surface area contributed by atoms with Crippen molar-refractivity contribution in [2.24, 2.45) is 5.92 Å². The predicted octanol–water partition coefficient (Wildman–Crippen LogP) is 11.1. The molecule has 11 nitrogen and oxygen atoms in total. The van der Waals surface area contributed by atoms with Crippen LogP contribution in [0.4, 0.5) is 11.4 Å². The summed E-state index contributed by atoms with van der Waals surface area (Å²) in [5.74, 6) is -3.21. The van der Waals surface area contributed by atoms with Crippen LogP contribution in [0.2, 0.25) is 5.02 Å². The number of rotatable bonds is 7. The molecule has 1 fully saturated rings. The van der Waals surface area contributed by atoms with E-state index in [0.717, 1.165) is 58.6 Å². The highest BCUT2D eigenvalue weighted by molar-refractivity contribution is 14.1. The zero-order chi connectivity index (χ0) is 43.5. The number of nitrogen functional groups attached to an aromatic ring is 1. The monoisotopic (exact) mass is 1270 g/mol. The lowest BCUT2D eigenvalue weighted by Gasteiger charge is -2.32. The minimum Gasteiger partial charge on any atom is -0.422 e. The summed E-state index contributed by atoms with van der Waals surface area (Å²) < 4.78 is 24.8. The van der Waals surface area contributed by atoms with Gasteiger partial charge in [-0.2, -0.15) is 0 Å². The van der Waals surface area contributed by atoms with Gasteiger partial charge in [-0.1, -0.05) is 11.6 Å². The molecule has 0 atom stereocenters. The van der Waals surface area contributed by atoms with E-state index in [9.17, 15) is 14.4 Å². The summed E-state index contributed by atoms with van der Waals surface area (Å²) in [6.07, 6.45) is 3.35. The molecule has 0 spiro atoms. The third-order valence-corrected chi connectivity index (χ3v) is 10.8. The van der Waals surface area contributed by atoms with Crippen LogP contribution in [0.5, 0.6) is 0 Å². The Bertz CT molecular complexity index is 2270. The number of aromatic amines is 1. The van der Waals surface area contributed by atoms with Crippen LogP contribution in [0.1, 0.15) is 34.6 Å². The maximum Gasteiger partial charge on any atom is 0.325 e. The van der Waals surface area contributed by atoms with Crippen molar-refractivity contribution in [2.45, 2.75) is 46.7 Å². The van der Waals surface area contributed by atoms with E-state index in [1.165, 1.54) is 21.0 Å². The Balaban J connectivity index is 0.000000205. The second-order valence-electron chi connectivity index (χ2n) is 12.7. The molecule has 314 valence electrons. The Kier molecular flexibility index (Phi) is 22.1. The van der Waals surface area contributed by atoms with Crippen molar-refractivity contribution in [1.82, 2.24) is 9.97 Å². The van der Waals surface area contributed by atoms with Gasteiger partial charge in [-0.25, -0.2) is 0 Å². The minimum atomic E-state index is -1.17. The van der Waals surface area contributed by atoms with Gasteiger partial charge in [0.25, 0.3) is 5.79 Å². The molecule has 0 unspecified atom stereocenters. The number of esters is 2. The van der Waals surface area contributed by atoms with Gasteiger partial charge in [0.15, 0.2) is 17.6 Å². The van der Waals surface area contributed by atoms with Crippen molar-refractivity contribution in [3.63, 3.8) is 0 Å². The normalized spacial score (nSPS) is 12.9. The topological polar surface area (TPSA) is 155 Å². The molecular formula is C43H45ClI4N4O7. The molecule has 1 aliphatic rings. The summed E-state index contributed by atoms with van der Waals surface area (Å²) in [5, 5.41) is 5.56. The summed E-state index contributed by atoms with van der Waals surface area (Å²) in [5.41, 5.74) is 9.00. The first kappa shape index (κ1) is 50.5. The van der Waals surface area contributed by atoms with Crippen molar-refractivity contribution < 1.29 is 28.5 Å².